The van der Waals surface area contributed by atoms with Crippen LogP contribution in [0.1, 0.15) is 43.5 Å². The Hall–Kier alpha value is -1.41. The molecule has 0 radical (unpaired) electrons. The Balaban J connectivity index is 2.02. The Morgan fingerprint density at radius 2 is 2.11 bits per heavy atom. The highest BCUT2D eigenvalue weighted by atomic mass is 14.9. The van der Waals surface area contributed by atoms with Crippen LogP contribution in [0, 0.1) is 12.8 Å². The molecular formula is C17H22N2. The van der Waals surface area contributed by atoms with Crippen LogP contribution in [0.15, 0.2) is 30.3 Å². The van der Waals surface area contributed by atoms with Gasteiger partial charge in [-0.15, -0.1) is 0 Å². The van der Waals surface area contributed by atoms with Crippen molar-refractivity contribution in [2.24, 2.45) is 5.92 Å². The molecule has 1 aromatic heterocycles. The molecule has 1 heterocycles. The minimum absolute atomic E-state index is 0.432. The topological polar surface area (TPSA) is 24.9 Å². The van der Waals surface area contributed by atoms with Crippen molar-refractivity contribution in [3.05, 3.63) is 41.6 Å². The molecule has 2 aromatic rings. The largest absolute Gasteiger partial charge is 0.309 e. The summed E-state index contributed by atoms with van der Waals surface area (Å²) in [4.78, 5) is 4.90. The fourth-order valence-corrected chi connectivity index (χ4v) is 3.04. The summed E-state index contributed by atoms with van der Waals surface area (Å²) in [6.07, 6.45) is 4.05. The van der Waals surface area contributed by atoms with Gasteiger partial charge in [0.1, 0.15) is 0 Å². The molecule has 0 amide bonds. The van der Waals surface area contributed by atoms with Gasteiger partial charge in [-0.2, -0.15) is 0 Å². The second-order valence-corrected chi connectivity index (χ2v) is 5.61. The molecule has 2 nitrogen and oxygen atoms in total. The van der Waals surface area contributed by atoms with Gasteiger partial charge < -0.3 is 5.32 Å². The summed E-state index contributed by atoms with van der Waals surface area (Å²) in [7, 11) is 0. The van der Waals surface area contributed by atoms with Gasteiger partial charge in [-0.05, 0) is 49.9 Å². The van der Waals surface area contributed by atoms with Crippen molar-refractivity contribution in [3.8, 4) is 0 Å². The lowest BCUT2D eigenvalue weighted by Crippen LogP contribution is -2.32. The van der Waals surface area contributed by atoms with Gasteiger partial charge in [0.15, 0.2) is 0 Å². The zero-order valence-electron chi connectivity index (χ0n) is 11.8. The summed E-state index contributed by atoms with van der Waals surface area (Å²) in [5.41, 5.74) is 3.69. The van der Waals surface area contributed by atoms with E-state index in [-0.39, 0.29) is 0 Å². The second-order valence-electron chi connectivity index (χ2n) is 5.61. The van der Waals surface area contributed by atoms with Crippen LogP contribution in [-0.4, -0.2) is 11.5 Å². The Labute approximate surface area is 115 Å². The number of benzene rings is 1. The maximum Gasteiger partial charge on any atom is 0.0708 e. The number of hydrogen-bond donors (Lipinski definition) is 1. The predicted molar refractivity (Wildman–Crippen MR) is 80.2 cm³/mol. The Bertz CT molecular complexity index is 572. The number of nitrogens with one attached hydrogen (secondary N) is 1. The highest BCUT2D eigenvalue weighted by Gasteiger charge is 2.29. The van der Waals surface area contributed by atoms with E-state index in [9.17, 15) is 0 Å². The zero-order valence-corrected chi connectivity index (χ0v) is 11.8. The van der Waals surface area contributed by atoms with E-state index in [1.807, 2.05) is 0 Å². The molecule has 0 spiro atoms. The predicted octanol–water partition coefficient (Wildman–Crippen LogP) is 3.99. The third-order valence-electron chi connectivity index (χ3n) is 4.31. The van der Waals surface area contributed by atoms with E-state index in [1.54, 1.807) is 0 Å². The molecule has 19 heavy (non-hydrogen) atoms. The van der Waals surface area contributed by atoms with Crippen molar-refractivity contribution in [3.63, 3.8) is 0 Å². The first-order valence-electron chi connectivity index (χ1n) is 7.39. The number of aromatic nitrogens is 1. The summed E-state index contributed by atoms with van der Waals surface area (Å²) >= 11 is 0. The van der Waals surface area contributed by atoms with E-state index in [0.29, 0.717) is 6.04 Å². The van der Waals surface area contributed by atoms with E-state index in [4.69, 9.17) is 4.98 Å². The van der Waals surface area contributed by atoms with Crippen molar-refractivity contribution >= 4 is 10.9 Å². The first kappa shape index (κ1) is 12.6. The Kier molecular flexibility index (Phi) is 3.52. The van der Waals surface area contributed by atoms with Crippen LogP contribution in [0.2, 0.25) is 0 Å². The van der Waals surface area contributed by atoms with Gasteiger partial charge in [0.25, 0.3) is 0 Å². The molecular weight excluding hydrogens is 232 g/mol. The fraction of sp³-hybridized carbons (Fsp3) is 0.471. The highest BCUT2D eigenvalue weighted by Crippen LogP contribution is 2.37. The first-order valence-corrected chi connectivity index (χ1v) is 7.39. The summed E-state index contributed by atoms with van der Waals surface area (Å²) in [6, 6.07) is 11.1. The summed E-state index contributed by atoms with van der Waals surface area (Å²) in [6.45, 7) is 5.38. The van der Waals surface area contributed by atoms with Gasteiger partial charge in [0.2, 0.25) is 0 Å². The van der Waals surface area contributed by atoms with E-state index < -0.39 is 0 Å². The summed E-state index contributed by atoms with van der Waals surface area (Å²) in [5, 5.41) is 4.90. The van der Waals surface area contributed by atoms with Crippen LogP contribution < -0.4 is 5.32 Å². The molecule has 2 heteroatoms. The SMILES string of the molecule is CCNC(c1cc(C)c2ccccc2n1)C1CCC1. The molecule has 1 saturated carbocycles. The van der Waals surface area contributed by atoms with Crippen LogP contribution in [0.25, 0.3) is 10.9 Å². The summed E-state index contributed by atoms with van der Waals surface area (Å²) < 4.78 is 0. The quantitative estimate of drug-likeness (QED) is 0.892. The Morgan fingerprint density at radius 3 is 2.79 bits per heavy atom. The van der Waals surface area contributed by atoms with Gasteiger partial charge in [0, 0.05) is 5.39 Å². The number of pyridine rings is 1. The van der Waals surface area contributed by atoms with Gasteiger partial charge in [-0.1, -0.05) is 31.5 Å². The maximum atomic E-state index is 4.90. The number of fused-ring (bicyclic) bond motifs is 1. The molecule has 1 unspecified atom stereocenters. The third-order valence-corrected chi connectivity index (χ3v) is 4.31. The number of nitrogens with zero attached hydrogens (tertiary/aromatic N) is 1. The zero-order chi connectivity index (χ0) is 13.2. The average Bonchev–Trinajstić information content (AvgIpc) is 2.36. The molecule has 3 rings (SSSR count). The van der Waals surface area contributed by atoms with Crippen molar-refractivity contribution < 1.29 is 0 Å². The monoisotopic (exact) mass is 254 g/mol. The molecule has 100 valence electrons. The van der Waals surface area contributed by atoms with Crippen LogP contribution in [0.4, 0.5) is 0 Å². The standard InChI is InChI=1S/C17H22N2/c1-3-18-17(13-7-6-8-13)16-11-12(2)14-9-4-5-10-15(14)19-16/h4-5,9-11,13,17-18H,3,6-8H2,1-2H3. The minimum Gasteiger partial charge on any atom is -0.309 e. The van der Waals surface area contributed by atoms with Crippen LogP contribution >= 0.6 is 0 Å². The van der Waals surface area contributed by atoms with Crippen LogP contribution in [0.3, 0.4) is 0 Å². The molecule has 0 aliphatic heterocycles. The van der Waals surface area contributed by atoms with Crippen molar-refractivity contribution in [2.75, 3.05) is 6.54 Å². The number of hydrogen-bond acceptors (Lipinski definition) is 2. The molecule has 1 atom stereocenters. The number of rotatable bonds is 4. The Morgan fingerprint density at radius 1 is 1.32 bits per heavy atom. The van der Waals surface area contributed by atoms with Crippen molar-refractivity contribution in [2.45, 2.75) is 39.2 Å². The molecule has 0 saturated heterocycles. The van der Waals surface area contributed by atoms with Gasteiger partial charge >= 0.3 is 0 Å². The normalized spacial score (nSPS) is 17.4. The van der Waals surface area contributed by atoms with E-state index in [1.165, 1.54) is 35.9 Å². The number of aryl methyl sites for hydroxylation is 1. The van der Waals surface area contributed by atoms with E-state index >= 15 is 0 Å². The molecule has 1 aromatic carbocycles. The lowest BCUT2D eigenvalue weighted by atomic mass is 9.78. The lowest BCUT2D eigenvalue weighted by molar-refractivity contribution is 0.230. The van der Waals surface area contributed by atoms with Gasteiger partial charge in [0.05, 0.1) is 17.3 Å². The maximum absolute atomic E-state index is 4.90. The average molecular weight is 254 g/mol. The molecule has 0 bridgehead atoms. The van der Waals surface area contributed by atoms with E-state index in [0.717, 1.165) is 18.0 Å². The lowest BCUT2D eigenvalue weighted by Gasteiger charge is -2.34. The van der Waals surface area contributed by atoms with Gasteiger partial charge in [-0.25, -0.2) is 0 Å². The fourth-order valence-electron chi connectivity index (χ4n) is 3.04. The van der Waals surface area contributed by atoms with E-state index in [2.05, 4.69) is 49.5 Å². The summed E-state index contributed by atoms with van der Waals surface area (Å²) in [5.74, 6) is 0.771. The smallest absolute Gasteiger partial charge is 0.0708 e. The number of para-hydroxylation sites is 1. The van der Waals surface area contributed by atoms with Crippen molar-refractivity contribution in [1.82, 2.24) is 10.3 Å². The highest BCUT2D eigenvalue weighted by molar-refractivity contribution is 5.82. The molecule has 1 fully saturated rings. The molecule has 1 aliphatic carbocycles. The third kappa shape index (κ3) is 2.37. The first-order chi connectivity index (χ1) is 9.29. The van der Waals surface area contributed by atoms with Gasteiger partial charge in [-0.3, -0.25) is 4.98 Å². The van der Waals surface area contributed by atoms with Crippen molar-refractivity contribution in [1.29, 1.82) is 0 Å². The molecule has 1 N–H and O–H groups in total. The molecule has 1 aliphatic rings. The second kappa shape index (κ2) is 5.30. The minimum atomic E-state index is 0.432. The van der Waals surface area contributed by atoms with Crippen LogP contribution in [-0.2, 0) is 0 Å². The van der Waals surface area contributed by atoms with Crippen LogP contribution in [0.5, 0.6) is 0 Å².